The minimum Gasteiger partial charge on any atom is -0.493 e. The molecule has 0 fully saturated rings. The molecule has 1 amide bonds. The molecule has 0 aliphatic heterocycles. The molecule has 6 heteroatoms. The van der Waals surface area contributed by atoms with Gasteiger partial charge in [0.05, 0.1) is 21.3 Å². The number of ether oxygens (including phenoxy) is 2. The predicted molar refractivity (Wildman–Crippen MR) is 90.0 cm³/mol. The summed E-state index contributed by atoms with van der Waals surface area (Å²) in [6, 6.07) is 11.5. The Morgan fingerprint density at radius 3 is 2.54 bits per heavy atom. The molecule has 0 saturated carbocycles. The SMILES string of the molecule is COc1ccc(C[NH+](C)CC(=O)Nc2cccc(F)c2)cc1OC. The first-order valence-electron chi connectivity index (χ1n) is 7.59. The van der Waals surface area contributed by atoms with Gasteiger partial charge in [0.25, 0.3) is 5.91 Å². The van der Waals surface area contributed by atoms with Crippen LogP contribution in [0.5, 0.6) is 11.5 Å². The zero-order valence-corrected chi connectivity index (χ0v) is 14.1. The van der Waals surface area contributed by atoms with Crippen molar-refractivity contribution in [1.29, 1.82) is 0 Å². The van der Waals surface area contributed by atoms with Crippen LogP contribution < -0.4 is 19.7 Å². The summed E-state index contributed by atoms with van der Waals surface area (Å²) in [6.07, 6.45) is 0. The maximum atomic E-state index is 13.1. The number of carbonyl (C=O) groups is 1. The van der Waals surface area contributed by atoms with Crippen molar-refractivity contribution in [1.82, 2.24) is 0 Å². The second-order valence-electron chi connectivity index (χ2n) is 5.56. The number of quaternary nitrogens is 1. The zero-order valence-electron chi connectivity index (χ0n) is 14.1. The number of amides is 1. The highest BCUT2D eigenvalue weighted by molar-refractivity contribution is 5.91. The van der Waals surface area contributed by atoms with Crippen molar-refractivity contribution in [3.05, 3.63) is 53.8 Å². The molecule has 2 aromatic rings. The molecule has 0 heterocycles. The van der Waals surface area contributed by atoms with Crippen LogP contribution in [0.25, 0.3) is 0 Å². The van der Waals surface area contributed by atoms with Gasteiger partial charge in [-0.25, -0.2) is 4.39 Å². The highest BCUT2D eigenvalue weighted by atomic mass is 19.1. The predicted octanol–water partition coefficient (Wildman–Crippen LogP) is 1.50. The number of benzene rings is 2. The molecule has 2 N–H and O–H groups in total. The number of hydrogen-bond donors (Lipinski definition) is 2. The summed E-state index contributed by atoms with van der Waals surface area (Å²) in [4.78, 5) is 13.0. The molecule has 2 rings (SSSR count). The molecule has 1 atom stereocenters. The summed E-state index contributed by atoms with van der Waals surface area (Å²) in [6.45, 7) is 0.918. The van der Waals surface area contributed by atoms with Crippen LogP contribution >= 0.6 is 0 Å². The van der Waals surface area contributed by atoms with Crippen LogP contribution in [0.4, 0.5) is 10.1 Å². The Morgan fingerprint density at radius 2 is 1.88 bits per heavy atom. The third kappa shape index (κ3) is 4.96. The Hall–Kier alpha value is -2.60. The Labute approximate surface area is 141 Å². The quantitative estimate of drug-likeness (QED) is 0.807. The molecule has 0 bridgehead atoms. The number of nitrogens with one attached hydrogen (secondary N) is 2. The van der Waals surface area contributed by atoms with E-state index in [4.69, 9.17) is 9.47 Å². The van der Waals surface area contributed by atoms with Gasteiger partial charge in [-0.05, 0) is 36.4 Å². The molecule has 0 spiro atoms. The van der Waals surface area contributed by atoms with E-state index in [0.29, 0.717) is 23.7 Å². The molecular weight excluding hydrogens is 311 g/mol. The lowest BCUT2D eigenvalue weighted by molar-refractivity contribution is -0.885. The van der Waals surface area contributed by atoms with Crippen LogP contribution in [-0.4, -0.2) is 33.7 Å². The average Bonchev–Trinajstić information content (AvgIpc) is 2.54. The minimum atomic E-state index is -0.376. The number of rotatable bonds is 7. The van der Waals surface area contributed by atoms with Crippen molar-refractivity contribution in [2.45, 2.75) is 6.54 Å². The average molecular weight is 333 g/mol. The second kappa shape index (κ2) is 8.31. The van der Waals surface area contributed by atoms with E-state index < -0.39 is 0 Å². The molecule has 0 aliphatic rings. The van der Waals surface area contributed by atoms with E-state index in [2.05, 4.69) is 5.32 Å². The van der Waals surface area contributed by atoms with Crippen LogP contribution in [0.3, 0.4) is 0 Å². The van der Waals surface area contributed by atoms with Crippen molar-refractivity contribution in [3.63, 3.8) is 0 Å². The number of hydrogen-bond acceptors (Lipinski definition) is 3. The molecule has 2 aromatic carbocycles. The Balaban J connectivity index is 1.92. The second-order valence-corrected chi connectivity index (χ2v) is 5.56. The number of carbonyl (C=O) groups excluding carboxylic acids is 1. The highest BCUT2D eigenvalue weighted by Gasteiger charge is 2.13. The maximum Gasteiger partial charge on any atom is 0.279 e. The van der Waals surface area contributed by atoms with Gasteiger partial charge in [0.1, 0.15) is 12.4 Å². The van der Waals surface area contributed by atoms with Crippen molar-refractivity contribution in [3.8, 4) is 11.5 Å². The molecule has 5 nitrogen and oxygen atoms in total. The molecule has 24 heavy (non-hydrogen) atoms. The van der Waals surface area contributed by atoms with Gasteiger partial charge in [0, 0.05) is 11.3 Å². The topological polar surface area (TPSA) is 52.0 Å². The van der Waals surface area contributed by atoms with Gasteiger partial charge in [0.15, 0.2) is 18.0 Å². The molecule has 128 valence electrons. The first-order valence-corrected chi connectivity index (χ1v) is 7.59. The van der Waals surface area contributed by atoms with Gasteiger partial charge in [-0.1, -0.05) is 6.07 Å². The number of likely N-dealkylation sites (N-methyl/N-ethyl adjacent to an activating group) is 1. The van der Waals surface area contributed by atoms with Gasteiger partial charge in [-0.15, -0.1) is 0 Å². The number of halogens is 1. The molecule has 0 aliphatic carbocycles. The summed E-state index contributed by atoms with van der Waals surface area (Å²) >= 11 is 0. The van der Waals surface area contributed by atoms with Crippen molar-refractivity contribution < 1.29 is 23.6 Å². The fourth-order valence-corrected chi connectivity index (χ4v) is 2.45. The lowest BCUT2D eigenvalue weighted by atomic mass is 10.2. The van der Waals surface area contributed by atoms with Gasteiger partial charge < -0.3 is 19.7 Å². The van der Waals surface area contributed by atoms with E-state index in [1.54, 1.807) is 26.4 Å². The lowest BCUT2D eigenvalue weighted by Gasteiger charge is -2.15. The van der Waals surface area contributed by atoms with Gasteiger partial charge >= 0.3 is 0 Å². The Bertz CT molecular complexity index is 706. The van der Waals surface area contributed by atoms with E-state index in [9.17, 15) is 9.18 Å². The summed E-state index contributed by atoms with van der Waals surface area (Å²) < 4.78 is 23.6. The third-order valence-electron chi connectivity index (χ3n) is 3.52. The monoisotopic (exact) mass is 333 g/mol. The van der Waals surface area contributed by atoms with Crippen LogP contribution in [0.1, 0.15) is 5.56 Å². The third-order valence-corrected chi connectivity index (χ3v) is 3.52. The molecule has 0 aromatic heterocycles. The van der Waals surface area contributed by atoms with Crippen molar-refractivity contribution in [2.24, 2.45) is 0 Å². The smallest absolute Gasteiger partial charge is 0.279 e. The van der Waals surface area contributed by atoms with E-state index in [1.165, 1.54) is 12.1 Å². The number of anilines is 1. The van der Waals surface area contributed by atoms with E-state index >= 15 is 0 Å². The summed E-state index contributed by atoms with van der Waals surface area (Å²) in [5.41, 5.74) is 1.49. The highest BCUT2D eigenvalue weighted by Crippen LogP contribution is 2.27. The van der Waals surface area contributed by atoms with Crippen LogP contribution in [0, 0.1) is 5.82 Å². The minimum absolute atomic E-state index is 0.168. The fraction of sp³-hybridized carbons (Fsp3) is 0.278. The molecular formula is C18H22FN2O3+. The normalized spacial score (nSPS) is 11.7. The number of methoxy groups -OCH3 is 2. The first-order chi connectivity index (χ1) is 11.5. The van der Waals surface area contributed by atoms with Gasteiger partial charge in [0.2, 0.25) is 0 Å². The van der Waals surface area contributed by atoms with Gasteiger partial charge in [-0.3, -0.25) is 4.79 Å². The molecule has 1 unspecified atom stereocenters. The van der Waals surface area contributed by atoms with Crippen molar-refractivity contribution >= 4 is 11.6 Å². The lowest BCUT2D eigenvalue weighted by Crippen LogP contribution is -3.08. The fourth-order valence-electron chi connectivity index (χ4n) is 2.45. The summed E-state index contributed by atoms with van der Waals surface area (Å²) in [5, 5.41) is 2.70. The van der Waals surface area contributed by atoms with E-state index in [1.807, 2.05) is 25.2 Å². The standard InChI is InChI=1S/C18H21FN2O3/c1-21(11-13-7-8-16(23-2)17(9-13)24-3)12-18(22)20-15-6-4-5-14(19)10-15/h4-10H,11-12H2,1-3H3,(H,20,22)/p+1. The summed E-state index contributed by atoms with van der Waals surface area (Å²) in [5.74, 6) is 0.784. The Kier molecular flexibility index (Phi) is 6.14. The van der Waals surface area contributed by atoms with Crippen LogP contribution in [-0.2, 0) is 11.3 Å². The molecule has 0 saturated heterocycles. The zero-order chi connectivity index (χ0) is 17.5. The van der Waals surface area contributed by atoms with Crippen LogP contribution in [0.15, 0.2) is 42.5 Å². The summed E-state index contributed by atoms with van der Waals surface area (Å²) in [7, 11) is 5.10. The maximum absolute atomic E-state index is 13.1. The molecule has 0 radical (unpaired) electrons. The Morgan fingerprint density at radius 1 is 1.12 bits per heavy atom. The van der Waals surface area contributed by atoms with Gasteiger partial charge in [-0.2, -0.15) is 0 Å². The largest absolute Gasteiger partial charge is 0.493 e. The van der Waals surface area contributed by atoms with E-state index in [-0.39, 0.29) is 18.3 Å². The first kappa shape index (κ1) is 17.7. The van der Waals surface area contributed by atoms with Crippen molar-refractivity contribution in [2.75, 3.05) is 33.1 Å². The van der Waals surface area contributed by atoms with E-state index in [0.717, 1.165) is 10.5 Å². The van der Waals surface area contributed by atoms with Crippen LogP contribution in [0.2, 0.25) is 0 Å².